The number of nitrogens with one attached hydrogen (secondary N) is 1. The maximum absolute atomic E-state index is 5.55. The minimum Gasteiger partial charge on any atom is -0.496 e. The third-order valence-electron chi connectivity index (χ3n) is 4.22. The first kappa shape index (κ1) is 17.3. The Kier molecular flexibility index (Phi) is 5.56. The van der Waals surface area contributed by atoms with Crippen molar-refractivity contribution >= 4 is 10.8 Å². The van der Waals surface area contributed by atoms with Crippen LogP contribution >= 0.6 is 0 Å². The molecule has 0 atom stereocenters. The number of rotatable bonds is 8. The van der Waals surface area contributed by atoms with Crippen molar-refractivity contribution in [2.24, 2.45) is 0 Å². The lowest BCUT2D eigenvalue weighted by atomic mass is 10.0. The molecule has 0 spiro atoms. The molecule has 0 saturated heterocycles. The van der Waals surface area contributed by atoms with E-state index in [1.165, 1.54) is 0 Å². The second-order valence-corrected chi connectivity index (χ2v) is 5.95. The van der Waals surface area contributed by atoms with E-state index in [4.69, 9.17) is 14.0 Å². The molecule has 0 aliphatic rings. The Labute approximate surface area is 147 Å². The fraction of sp³-hybridized carbons (Fsp3) is 0.350. The van der Waals surface area contributed by atoms with Gasteiger partial charge in [0.1, 0.15) is 11.5 Å². The van der Waals surface area contributed by atoms with E-state index in [-0.39, 0.29) is 0 Å². The molecule has 3 rings (SSSR count). The Balaban J connectivity index is 1.78. The molecular weight excluding hydrogens is 316 g/mol. The van der Waals surface area contributed by atoms with Gasteiger partial charge in [0.25, 0.3) is 0 Å². The summed E-state index contributed by atoms with van der Waals surface area (Å²) in [6.07, 6.45) is 2.01. The van der Waals surface area contributed by atoms with Crippen molar-refractivity contribution in [3.8, 4) is 11.5 Å². The first-order chi connectivity index (χ1) is 12.3. The summed E-state index contributed by atoms with van der Waals surface area (Å²) in [5, 5.41) is 9.62. The Hall–Kier alpha value is -2.53. The fourth-order valence-corrected chi connectivity index (χ4v) is 3.05. The maximum Gasteiger partial charge on any atom is 0.150 e. The number of fused-ring (bicyclic) bond motifs is 1. The third-order valence-corrected chi connectivity index (χ3v) is 4.22. The average molecular weight is 340 g/mol. The highest BCUT2D eigenvalue weighted by atomic mass is 16.5. The maximum atomic E-state index is 5.55. The lowest BCUT2D eigenvalue weighted by Crippen LogP contribution is -2.12. The van der Waals surface area contributed by atoms with Crippen molar-refractivity contribution in [1.82, 2.24) is 10.5 Å². The Morgan fingerprint density at radius 2 is 1.88 bits per heavy atom. The minimum atomic E-state index is 0.638. The second kappa shape index (κ2) is 8.03. The summed E-state index contributed by atoms with van der Waals surface area (Å²) in [5.74, 6) is 2.54. The van der Waals surface area contributed by atoms with Crippen LogP contribution in [0.4, 0.5) is 0 Å². The number of hydrogen-bond acceptors (Lipinski definition) is 5. The van der Waals surface area contributed by atoms with Crippen LogP contribution in [0, 0.1) is 0 Å². The van der Waals surface area contributed by atoms with Gasteiger partial charge in [0.15, 0.2) is 5.76 Å². The van der Waals surface area contributed by atoms with E-state index in [2.05, 4.69) is 23.5 Å². The summed E-state index contributed by atoms with van der Waals surface area (Å²) in [5.41, 5.74) is 2.16. The van der Waals surface area contributed by atoms with E-state index in [1.54, 1.807) is 14.2 Å². The predicted octanol–water partition coefficient (Wildman–Crippen LogP) is 4.09. The minimum absolute atomic E-state index is 0.638. The molecule has 5 heteroatoms. The molecule has 0 radical (unpaired) electrons. The smallest absolute Gasteiger partial charge is 0.150 e. The van der Waals surface area contributed by atoms with Crippen LogP contribution in [-0.2, 0) is 19.5 Å². The van der Waals surface area contributed by atoms with Gasteiger partial charge in [-0.2, -0.15) is 0 Å². The molecule has 3 aromatic rings. The van der Waals surface area contributed by atoms with Crippen molar-refractivity contribution in [1.29, 1.82) is 0 Å². The number of benzene rings is 2. The topological polar surface area (TPSA) is 56.5 Å². The normalized spacial score (nSPS) is 11.0. The lowest BCUT2D eigenvalue weighted by molar-refractivity contribution is 0.367. The standard InChI is InChI=1S/C20H24N2O3/c1-4-6-15-11-16(25-22-15)13-21-12-14-9-10-18(23-2)17-7-5-8-19(24-3)20(14)17/h5,7-11,21H,4,6,12-13H2,1-3H3. The average Bonchev–Trinajstić information content (AvgIpc) is 3.09. The van der Waals surface area contributed by atoms with Gasteiger partial charge in [-0.25, -0.2) is 0 Å². The quantitative estimate of drug-likeness (QED) is 0.669. The largest absolute Gasteiger partial charge is 0.496 e. The molecule has 5 nitrogen and oxygen atoms in total. The fourth-order valence-electron chi connectivity index (χ4n) is 3.05. The first-order valence-corrected chi connectivity index (χ1v) is 8.54. The predicted molar refractivity (Wildman–Crippen MR) is 98.1 cm³/mol. The van der Waals surface area contributed by atoms with Crippen LogP contribution in [0.5, 0.6) is 11.5 Å². The van der Waals surface area contributed by atoms with E-state index < -0.39 is 0 Å². The molecule has 0 bridgehead atoms. The zero-order valence-electron chi connectivity index (χ0n) is 15.0. The molecule has 0 amide bonds. The highest BCUT2D eigenvalue weighted by molar-refractivity contribution is 5.95. The van der Waals surface area contributed by atoms with Crippen LogP contribution in [0.25, 0.3) is 10.8 Å². The van der Waals surface area contributed by atoms with E-state index >= 15 is 0 Å². The van der Waals surface area contributed by atoms with E-state index in [0.29, 0.717) is 13.1 Å². The highest BCUT2D eigenvalue weighted by Crippen LogP contribution is 2.34. The Morgan fingerprint density at radius 3 is 2.64 bits per heavy atom. The van der Waals surface area contributed by atoms with Crippen LogP contribution in [0.1, 0.15) is 30.4 Å². The molecule has 1 aromatic heterocycles. The Morgan fingerprint density at radius 1 is 1.04 bits per heavy atom. The number of aryl methyl sites for hydroxylation is 1. The van der Waals surface area contributed by atoms with Crippen LogP contribution < -0.4 is 14.8 Å². The molecule has 2 aromatic carbocycles. The zero-order chi connectivity index (χ0) is 17.6. The summed E-state index contributed by atoms with van der Waals surface area (Å²) in [4.78, 5) is 0. The van der Waals surface area contributed by atoms with Crippen LogP contribution in [0.3, 0.4) is 0 Å². The molecule has 0 unspecified atom stereocenters. The first-order valence-electron chi connectivity index (χ1n) is 8.54. The summed E-state index contributed by atoms with van der Waals surface area (Å²) in [6, 6.07) is 12.1. The highest BCUT2D eigenvalue weighted by Gasteiger charge is 2.11. The van der Waals surface area contributed by atoms with Gasteiger partial charge in [-0.05, 0) is 24.1 Å². The molecule has 1 N–H and O–H groups in total. The molecule has 0 fully saturated rings. The van der Waals surface area contributed by atoms with Crippen LogP contribution in [-0.4, -0.2) is 19.4 Å². The molecule has 0 aliphatic carbocycles. The Bertz CT molecular complexity index is 842. The van der Waals surface area contributed by atoms with Gasteiger partial charge in [-0.15, -0.1) is 0 Å². The SMILES string of the molecule is CCCc1cc(CNCc2ccc(OC)c3cccc(OC)c23)on1. The van der Waals surface area contributed by atoms with Crippen molar-refractivity contribution in [2.75, 3.05) is 14.2 Å². The number of methoxy groups -OCH3 is 2. The van der Waals surface area contributed by atoms with E-state index in [0.717, 1.165) is 52.1 Å². The molecule has 132 valence electrons. The van der Waals surface area contributed by atoms with Gasteiger partial charge in [0, 0.05) is 23.4 Å². The van der Waals surface area contributed by atoms with Crippen molar-refractivity contribution in [3.05, 3.63) is 53.4 Å². The summed E-state index contributed by atoms with van der Waals surface area (Å²) in [7, 11) is 3.37. The summed E-state index contributed by atoms with van der Waals surface area (Å²) in [6.45, 7) is 3.47. The second-order valence-electron chi connectivity index (χ2n) is 5.95. The number of hydrogen-bond donors (Lipinski definition) is 1. The zero-order valence-corrected chi connectivity index (χ0v) is 15.0. The van der Waals surface area contributed by atoms with Gasteiger partial charge in [-0.1, -0.05) is 36.7 Å². The van der Waals surface area contributed by atoms with Crippen molar-refractivity contribution in [2.45, 2.75) is 32.9 Å². The van der Waals surface area contributed by atoms with E-state index in [9.17, 15) is 0 Å². The lowest BCUT2D eigenvalue weighted by Gasteiger charge is -2.14. The van der Waals surface area contributed by atoms with Gasteiger partial charge in [0.2, 0.25) is 0 Å². The van der Waals surface area contributed by atoms with Crippen molar-refractivity contribution < 1.29 is 14.0 Å². The van der Waals surface area contributed by atoms with Gasteiger partial charge in [-0.3, -0.25) is 0 Å². The molecular formula is C20H24N2O3. The van der Waals surface area contributed by atoms with Gasteiger partial charge < -0.3 is 19.3 Å². The van der Waals surface area contributed by atoms with Gasteiger partial charge in [0.05, 0.1) is 26.5 Å². The monoisotopic (exact) mass is 340 g/mol. The van der Waals surface area contributed by atoms with Crippen molar-refractivity contribution in [3.63, 3.8) is 0 Å². The molecule has 0 saturated carbocycles. The number of aromatic nitrogens is 1. The van der Waals surface area contributed by atoms with Crippen LogP contribution in [0.15, 0.2) is 40.9 Å². The molecule has 0 aliphatic heterocycles. The number of ether oxygens (including phenoxy) is 2. The molecule has 25 heavy (non-hydrogen) atoms. The summed E-state index contributed by atoms with van der Waals surface area (Å²) >= 11 is 0. The third kappa shape index (κ3) is 3.77. The van der Waals surface area contributed by atoms with Gasteiger partial charge >= 0.3 is 0 Å². The summed E-state index contributed by atoms with van der Waals surface area (Å²) < 4.78 is 16.4. The molecule has 1 heterocycles. The van der Waals surface area contributed by atoms with E-state index in [1.807, 2.05) is 30.3 Å². The van der Waals surface area contributed by atoms with Crippen LogP contribution in [0.2, 0.25) is 0 Å². The number of nitrogens with zero attached hydrogens (tertiary/aromatic N) is 1.